The van der Waals surface area contributed by atoms with Gasteiger partial charge in [-0.2, -0.15) is 15.1 Å². The molecule has 0 saturated carbocycles. The van der Waals surface area contributed by atoms with E-state index in [2.05, 4.69) is 20.8 Å². The smallest absolute Gasteiger partial charge is 0.245 e. The van der Waals surface area contributed by atoms with Crippen molar-refractivity contribution in [3.63, 3.8) is 0 Å². The van der Waals surface area contributed by atoms with Crippen molar-refractivity contribution < 1.29 is 8.42 Å². The summed E-state index contributed by atoms with van der Waals surface area (Å²) in [5.41, 5.74) is -0.00963. The molecule has 0 radical (unpaired) electrons. The minimum absolute atomic E-state index is 0.179. The fourth-order valence-electron chi connectivity index (χ4n) is 2.69. The summed E-state index contributed by atoms with van der Waals surface area (Å²) in [4.78, 5) is 2.27. The molecule has 21 heavy (non-hydrogen) atoms. The van der Waals surface area contributed by atoms with Crippen LogP contribution in [0.15, 0.2) is 4.90 Å². The molecule has 1 saturated heterocycles. The Morgan fingerprint density at radius 2 is 1.86 bits per heavy atom. The van der Waals surface area contributed by atoms with Gasteiger partial charge in [-0.25, -0.2) is 8.42 Å². The van der Waals surface area contributed by atoms with E-state index in [0.29, 0.717) is 37.3 Å². The van der Waals surface area contributed by atoms with Crippen molar-refractivity contribution >= 4 is 10.0 Å². The minimum atomic E-state index is -3.76. The topological polar surface area (TPSA) is 91.0 Å². The number of hydrogen-bond donors (Lipinski definition) is 1. The lowest BCUT2D eigenvalue weighted by Crippen LogP contribution is -2.53. The van der Waals surface area contributed by atoms with Gasteiger partial charge in [0.2, 0.25) is 10.0 Å². The van der Waals surface area contributed by atoms with E-state index < -0.39 is 15.6 Å². The van der Waals surface area contributed by atoms with Crippen LogP contribution in [0.2, 0.25) is 0 Å². The highest BCUT2D eigenvalue weighted by Crippen LogP contribution is 2.26. The van der Waals surface area contributed by atoms with E-state index in [0.717, 1.165) is 0 Å². The molecule has 0 bridgehead atoms. The molecule has 1 aromatic rings. The lowest BCUT2D eigenvalue weighted by molar-refractivity contribution is 0.213. The quantitative estimate of drug-likeness (QED) is 0.867. The number of rotatable bonds is 3. The lowest BCUT2D eigenvalue weighted by Gasteiger charge is -2.35. The fourth-order valence-corrected chi connectivity index (χ4v) is 4.51. The second kappa shape index (κ2) is 5.40. The van der Waals surface area contributed by atoms with Crippen LogP contribution in [0.5, 0.6) is 0 Å². The highest BCUT2D eigenvalue weighted by molar-refractivity contribution is 7.89. The second-order valence-corrected chi connectivity index (χ2v) is 7.35. The first kappa shape index (κ1) is 15.9. The van der Waals surface area contributed by atoms with Crippen molar-refractivity contribution in [3.05, 3.63) is 11.4 Å². The molecule has 0 aliphatic carbocycles. The SMILES string of the molecule is Cc1nn(C)c(C)c1S(=O)(=O)NC1(C#N)CCN(C)CC1. The average molecular weight is 311 g/mol. The van der Waals surface area contributed by atoms with Crippen LogP contribution < -0.4 is 4.72 Å². The Labute approximate surface area is 125 Å². The maximum Gasteiger partial charge on any atom is 0.245 e. The van der Waals surface area contributed by atoms with Crippen molar-refractivity contribution in [1.29, 1.82) is 5.26 Å². The molecule has 0 spiro atoms. The molecular formula is C13H21N5O2S. The Hall–Kier alpha value is -1.43. The zero-order valence-electron chi connectivity index (χ0n) is 12.8. The maximum absolute atomic E-state index is 12.7. The van der Waals surface area contributed by atoms with Crippen LogP contribution in [0.3, 0.4) is 0 Å². The van der Waals surface area contributed by atoms with E-state index >= 15 is 0 Å². The van der Waals surface area contributed by atoms with Crippen molar-refractivity contribution in [2.24, 2.45) is 7.05 Å². The van der Waals surface area contributed by atoms with Gasteiger partial charge in [0.1, 0.15) is 10.4 Å². The van der Waals surface area contributed by atoms with Gasteiger partial charge in [-0.05, 0) is 33.7 Å². The van der Waals surface area contributed by atoms with Gasteiger partial charge < -0.3 is 4.90 Å². The summed E-state index contributed by atoms with van der Waals surface area (Å²) in [6.45, 7) is 4.76. The molecule has 116 valence electrons. The molecule has 1 aliphatic heterocycles. The molecular weight excluding hydrogens is 290 g/mol. The minimum Gasteiger partial charge on any atom is -0.306 e. The van der Waals surface area contributed by atoms with Crippen molar-refractivity contribution in [1.82, 2.24) is 19.4 Å². The van der Waals surface area contributed by atoms with Crippen LogP contribution in [0.4, 0.5) is 0 Å². The van der Waals surface area contributed by atoms with Crippen LogP contribution in [0.25, 0.3) is 0 Å². The zero-order valence-corrected chi connectivity index (χ0v) is 13.7. The Morgan fingerprint density at radius 1 is 1.29 bits per heavy atom. The normalized spacial score (nSPS) is 19.4. The van der Waals surface area contributed by atoms with Crippen LogP contribution >= 0.6 is 0 Å². The van der Waals surface area contributed by atoms with Crippen LogP contribution in [-0.4, -0.2) is 48.8 Å². The second-order valence-electron chi connectivity index (χ2n) is 5.73. The van der Waals surface area contributed by atoms with Gasteiger partial charge in [0.25, 0.3) is 0 Å². The standard InChI is InChI=1S/C13H21N5O2S/c1-10-12(11(2)18(4)15-10)21(19,20)16-13(9-14)5-7-17(3)8-6-13/h16H,5-8H2,1-4H3. The number of likely N-dealkylation sites (tertiary alicyclic amines) is 1. The molecule has 1 fully saturated rings. The summed E-state index contributed by atoms with van der Waals surface area (Å²) in [5, 5.41) is 13.6. The Kier molecular flexibility index (Phi) is 4.10. The third-order valence-electron chi connectivity index (χ3n) is 4.10. The third kappa shape index (κ3) is 2.95. The fraction of sp³-hybridized carbons (Fsp3) is 0.692. The van der Waals surface area contributed by atoms with Gasteiger partial charge in [-0.1, -0.05) is 0 Å². The van der Waals surface area contributed by atoms with E-state index in [9.17, 15) is 13.7 Å². The molecule has 1 aliphatic rings. The summed E-state index contributed by atoms with van der Waals surface area (Å²) in [7, 11) is -0.0939. The number of nitrogens with one attached hydrogen (secondary N) is 1. The van der Waals surface area contributed by atoms with Crippen molar-refractivity contribution in [2.75, 3.05) is 20.1 Å². The predicted octanol–water partition coefficient (Wildman–Crippen LogP) is 0.303. The van der Waals surface area contributed by atoms with Gasteiger partial charge in [0.05, 0.1) is 17.5 Å². The summed E-state index contributed by atoms with van der Waals surface area (Å²) < 4.78 is 29.5. The Morgan fingerprint density at radius 3 is 2.29 bits per heavy atom. The van der Waals surface area contributed by atoms with Gasteiger partial charge in [0.15, 0.2) is 0 Å². The molecule has 7 nitrogen and oxygen atoms in total. The number of sulfonamides is 1. The van der Waals surface area contributed by atoms with Crippen molar-refractivity contribution in [3.8, 4) is 6.07 Å². The van der Waals surface area contributed by atoms with Gasteiger partial charge in [0, 0.05) is 20.1 Å². The Balaban J connectivity index is 2.35. The zero-order chi connectivity index (χ0) is 15.8. The number of hydrogen-bond acceptors (Lipinski definition) is 5. The number of aryl methyl sites for hydroxylation is 2. The molecule has 1 N–H and O–H groups in total. The molecule has 0 atom stereocenters. The number of aromatic nitrogens is 2. The molecule has 0 aromatic carbocycles. The van der Waals surface area contributed by atoms with E-state index in [1.807, 2.05) is 7.05 Å². The van der Waals surface area contributed by atoms with E-state index in [1.165, 1.54) is 4.68 Å². The van der Waals surface area contributed by atoms with E-state index in [-0.39, 0.29) is 4.90 Å². The summed E-state index contributed by atoms with van der Waals surface area (Å²) in [5.74, 6) is 0. The van der Waals surface area contributed by atoms with Crippen molar-refractivity contribution in [2.45, 2.75) is 37.1 Å². The summed E-state index contributed by atoms with van der Waals surface area (Å²) in [6.07, 6.45) is 0.967. The van der Waals surface area contributed by atoms with Crippen LogP contribution in [-0.2, 0) is 17.1 Å². The van der Waals surface area contributed by atoms with E-state index in [1.54, 1.807) is 20.9 Å². The van der Waals surface area contributed by atoms with E-state index in [4.69, 9.17) is 0 Å². The monoisotopic (exact) mass is 311 g/mol. The molecule has 0 unspecified atom stereocenters. The van der Waals surface area contributed by atoms with Crippen LogP contribution in [0, 0.1) is 25.2 Å². The van der Waals surface area contributed by atoms with Gasteiger partial charge >= 0.3 is 0 Å². The summed E-state index contributed by atoms with van der Waals surface area (Å²) in [6, 6.07) is 2.17. The first-order valence-electron chi connectivity index (χ1n) is 6.85. The molecule has 2 rings (SSSR count). The highest BCUT2D eigenvalue weighted by atomic mass is 32.2. The molecule has 2 heterocycles. The van der Waals surface area contributed by atoms with Gasteiger partial charge in [-0.3, -0.25) is 4.68 Å². The number of nitrogens with zero attached hydrogens (tertiary/aromatic N) is 4. The Bertz CT molecular complexity index is 678. The first-order chi connectivity index (χ1) is 9.71. The highest BCUT2D eigenvalue weighted by Gasteiger charge is 2.39. The van der Waals surface area contributed by atoms with Crippen LogP contribution in [0.1, 0.15) is 24.2 Å². The lowest BCUT2D eigenvalue weighted by atomic mass is 9.91. The largest absolute Gasteiger partial charge is 0.306 e. The first-order valence-corrected chi connectivity index (χ1v) is 8.33. The number of nitriles is 1. The predicted molar refractivity (Wildman–Crippen MR) is 78.1 cm³/mol. The maximum atomic E-state index is 12.7. The molecule has 8 heteroatoms. The third-order valence-corrected chi connectivity index (χ3v) is 5.88. The number of piperidine rings is 1. The molecule has 1 aromatic heterocycles. The van der Waals surface area contributed by atoms with Gasteiger partial charge in [-0.15, -0.1) is 0 Å². The summed E-state index contributed by atoms with van der Waals surface area (Å²) >= 11 is 0. The molecule has 0 amide bonds. The average Bonchev–Trinajstić information content (AvgIpc) is 2.66.